The monoisotopic (exact) mass is 509 g/mol. The highest BCUT2D eigenvalue weighted by atomic mass is 32.1. The molecule has 0 aliphatic rings. The Labute approximate surface area is 219 Å². The van der Waals surface area contributed by atoms with Crippen LogP contribution in [0.1, 0.15) is 31.4 Å². The molecular weight excluding hydrogens is 482 g/mol. The van der Waals surface area contributed by atoms with Crippen LogP contribution >= 0.6 is 11.3 Å². The van der Waals surface area contributed by atoms with Gasteiger partial charge in [-0.15, -0.1) is 11.3 Å². The van der Waals surface area contributed by atoms with Gasteiger partial charge in [0.25, 0.3) is 11.8 Å². The fourth-order valence-electron chi connectivity index (χ4n) is 4.42. The lowest BCUT2D eigenvalue weighted by Crippen LogP contribution is -2.46. The van der Waals surface area contributed by atoms with Gasteiger partial charge in [0.05, 0.1) is 27.8 Å². The average Bonchev–Trinajstić information content (AvgIpc) is 3.57. The average molecular weight is 510 g/mol. The third kappa shape index (κ3) is 5.32. The van der Waals surface area contributed by atoms with Gasteiger partial charge in [0.2, 0.25) is 0 Å². The van der Waals surface area contributed by atoms with Gasteiger partial charge in [-0.3, -0.25) is 9.59 Å². The van der Waals surface area contributed by atoms with Crippen LogP contribution in [0, 0.1) is 6.92 Å². The molecule has 0 spiro atoms. The van der Waals surface area contributed by atoms with Crippen LogP contribution in [-0.2, 0) is 6.42 Å². The van der Waals surface area contributed by atoms with Gasteiger partial charge in [-0.1, -0.05) is 66.7 Å². The lowest BCUT2D eigenvalue weighted by Gasteiger charge is -2.28. The molecule has 1 N–H and O–H groups in total. The zero-order chi connectivity index (χ0) is 25.8. The number of fused-ring (bicyclic) bond motifs is 1. The van der Waals surface area contributed by atoms with Crippen molar-refractivity contribution in [3.8, 4) is 10.4 Å². The summed E-state index contributed by atoms with van der Waals surface area (Å²) in [4.78, 5) is 34.1. The van der Waals surface area contributed by atoms with E-state index in [0.29, 0.717) is 23.3 Å². The van der Waals surface area contributed by atoms with Crippen LogP contribution in [0.25, 0.3) is 21.4 Å². The number of rotatable bonds is 8. The fourth-order valence-corrected chi connectivity index (χ4v) is 5.34. The Morgan fingerprint density at radius 3 is 2.46 bits per heavy atom. The summed E-state index contributed by atoms with van der Waals surface area (Å²) in [7, 11) is 1.78. The van der Waals surface area contributed by atoms with Crippen molar-refractivity contribution in [3.05, 3.63) is 113 Å². The molecule has 2 amide bonds. The number of nitrogens with one attached hydrogen (secondary N) is 1. The standard InChI is InChI=1S/C30H27N3O3S/c1-20-32-27(28(37-20)22-12-7-4-8-13-22)30(35)33(2)23(18-21-10-5-3-6-11-21)19-31-29(34)25-14-9-15-26-24(25)16-17-36-26/h3-17,23H,18-19H2,1-2H3,(H,31,34)/t23-/m0/s1. The maximum absolute atomic E-state index is 13.8. The molecule has 0 radical (unpaired) electrons. The molecular formula is C30H27N3O3S. The van der Waals surface area contributed by atoms with Gasteiger partial charge >= 0.3 is 0 Å². The molecule has 0 unspecified atom stereocenters. The maximum atomic E-state index is 13.8. The number of aromatic nitrogens is 1. The van der Waals surface area contributed by atoms with Gasteiger partial charge in [-0.05, 0) is 42.7 Å². The summed E-state index contributed by atoms with van der Waals surface area (Å²) in [6.07, 6.45) is 2.16. The molecule has 3 aromatic carbocycles. The summed E-state index contributed by atoms with van der Waals surface area (Å²) < 4.78 is 5.44. The van der Waals surface area contributed by atoms with E-state index >= 15 is 0 Å². The molecule has 0 fully saturated rings. The first-order valence-electron chi connectivity index (χ1n) is 12.1. The number of carbonyl (C=O) groups is 2. The summed E-state index contributed by atoms with van der Waals surface area (Å²) in [6, 6.07) is 26.7. The van der Waals surface area contributed by atoms with Crippen molar-refractivity contribution in [3.63, 3.8) is 0 Å². The lowest BCUT2D eigenvalue weighted by molar-refractivity contribution is 0.0713. The molecule has 5 rings (SSSR count). The minimum atomic E-state index is -0.284. The first-order chi connectivity index (χ1) is 18.0. The summed E-state index contributed by atoms with van der Waals surface area (Å²) >= 11 is 1.51. The van der Waals surface area contributed by atoms with Crippen molar-refractivity contribution >= 4 is 34.1 Å². The van der Waals surface area contributed by atoms with E-state index in [-0.39, 0.29) is 24.4 Å². The van der Waals surface area contributed by atoms with E-state index < -0.39 is 0 Å². The summed E-state index contributed by atoms with van der Waals surface area (Å²) in [5, 5.41) is 4.64. The molecule has 2 heterocycles. The number of aryl methyl sites for hydroxylation is 1. The first kappa shape index (κ1) is 24.5. The molecule has 6 nitrogen and oxygen atoms in total. The Balaban J connectivity index is 1.40. The number of thiazole rings is 1. The van der Waals surface area contributed by atoms with E-state index in [1.54, 1.807) is 36.4 Å². The van der Waals surface area contributed by atoms with Crippen molar-refractivity contribution in [1.82, 2.24) is 15.2 Å². The number of likely N-dealkylation sites (N-methyl/N-ethyl adjacent to an activating group) is 1. The molecule has 7 heteroatoms. The summed E-state index contributed by atoms with van der Waals surface area (Å²) in [6.45, 7) is 2.19. The van der Waals surface area contributed by atoms with Crippen molar-refractivity contribution in [2.45, 2.75) is 19.4 Å². The van der Waals surface area contributed by atoms with Crippen LogP contribution in [0.3, 0.4) is 0 Å². The molecule has 2 aromatic heterocycles. The van der Waals surface area contributed by atoms with Gasteiger partial charge < -0.3 is 14.6 Å². The van der Waals surface area contributed by atoms with Crippen LogP contribution in [-0.4, -0.2) is 41.3 Å². The minimum absolute atomic E-state index is 0.171. The number of hydrogen-bond donors (Lipinski definition) is 1. The van der Waals surface area contributed by atoms with Gasteiger partial charge in [0.15, 0.2) is 0 Å². The largest absolute Gasteiger partial charge is 0.464 e. The van der Waals surface area contributed by atoms with Gasteiger partial charge in [-0.2, -0.15) is 0 Å². The Kier molecular flexibility index (Phi) is 7.14. The molecule has 0 saturated heterocycles. The number of benzene rings is 3. The number of hydrogen-bond acceptors (Lipinski definition) is 5. The first-order valence-corrected chi connectivity index (χ1v) is 12.9. The van der Waals surface area contributed by atoms with E-state index in [1.165, 1.54) is 11.3 Å². The fraction of sp³-hybridized carbons (Fsp3) is 0.167. The molecule has 37 heavy (non-hydrogen) atoms. The van der Waals surface area contributed by atoms with Crippen LogP contribution < -0.4 is 5.32 Å². The van der Waals surface area contributed by atoms with Crippen molar-refractivity contribution in [1.29, 1.82) is 0 Å². The van der Waals surface area contributed by atoms with Crippen LogP contribution in [0.4, 0.5) is 0 Å². The molecule has 0 bridgehead atoms. The maximum Gasteiger partial charge on any atom is 0.274 e. The third-order valence-corrected chi connectivity index (χ3v) is 7.41. The summed E-state index contributed by atoms with van der Waals surface area (Å²) in [5.74, 6) is -0.379. The lowest BCUT2D eigenvalue weighted by atomic mass is 10.0. The number of amides is 2. The Morgan fingerprint density at radius 2 is 1.70 bits per heavy atom. The predicted molar refractivity (Wildman–Crippen MR) is 147 cm³/mol. The second-order valence-electron chi connectivity index (χ2n) is 8.88. The van der Waals surface area contributed by atoms with E-state index in [9.17, 15) is 9.59 Å². The molecule has 0 saturated carbocycles. The topological polar surface area (TPSA) is 75.4 Å². The highest BCUT2D eigenvalue weighted by molar-refractivity contribution is 7.15. The van der Waals surface area contributed by atoms with Crippen molar-refractivity contribution in [2.24, 2.45) is 0 Å². The normalized spacial score (nSPS) is 11.8. The van der Waals surface area contributed by atoms with Gasteiger partial charge in [0, 0.05) is 19.0 Å². The van der Waals surface area contributed by atoms with Gasteiger partial charge in [-0.25, -0.2) is 4.98 Å². The predicted octanol–water partition coefficient (Wildman–Crippen LogP) is 5.98. The Hall–Kier alpha value is -4.23. The molecule has 1 atom stereocenters. The Bertz CT molecular complexity index is 1530. The van der Waals surface area contributed by atoms with E-state index in [2.05, 4.69) is 10.3 Å². The second-order valence-corrected chi connectivity index (χ2v) is 10.1. The zero-order valence-electron chi connectivity index (χ0n) is 20.7. The molecule has 0 aliphatic carbocycles. The zero-order valence-corrected chi connectivity index (χ0v) is 21.5. The van der Waals surface area contributed by atoms with Crippen LogP contribution in [0.15, 0.2) is 95.6 Å². The molecule has 0 aliphatic heterocycles. The second kappa shape index (κ2) is 10.8. The van der Waals surface area contributed by atoms with Crippen LogP contribution in [0.5, 0.6) is 0 Å². The summed E-state index contributed by atoms with van der Waals surface area (Å²) in [5.41, 5.74) is 3.68. The van der Waals surface area contributed by atoms with Crippen LogP contribution in [0.2, 0.25) is 0 Å². The quantitative estimate of drug-likeness (QED) is 0.279. The number of furan rings is 1. The Morgan fingerprint density at radius 1 is 0.973 bits per heavy atom. The van der Waals surface area contributed by atoms with Crippen molar-refractivity contribution < 1.29 is 14.0 Å². The molecule has 5 aromatic rings. The SMILES string of the molecule is Cc1nc(C(=O)N(C)[C@H](CNC(=O)c2cccc3occc23)Cc2ccccc2)c(-c2ccccc2)s1. The van der Waals surface area contributed by atoms with Crippen molar-refractivity contribution in [2.75, 3.05) is 13.6 Å². The number of nitrogens with zero attached hydrogens (tertiary/aromatic N) is 2. The van der Waals surface area contributed by atoms with Gasteiger partial charge in [0.1, 0.15) is 11.3 Å². The molecule has 186 valence electrons. The highest BCUT2D eigenvalue weighted by Gasteiger charge is 2.27. The minimum Gasteiger partial charge on any atom is -0.464 e. The van der Waals surface area contributed by atoms with E-state index in [1.807, 2.05) is 73.7 Å². The van der Waals surface area contributed by atoms with E-state index in [0.717, 1.165) is 26.4 Å². The third-order valence-electron chi connectivity index (χ3n) is 6.39. The smallest absolute Gasteiger partial charge is 0.274 e. The van der Waals surface area contributed by atoms with E-state index in [4.69, 9.17) is 4.42 Å². The highest BCUT2D eigenvalue weighted by Crippen LogP contribution is 2.31. The number of carbonyl (C=O) groups excluding carboxylic acids is 2.